The van der Waals surface area contributed by atoms with E-state index in [1.807, 2.05) is 12.1 Å². The predicted octanol–water partition coefficient (Wildman–Crippen LogP) is 0.777. The van der Waals surface area contributed by atoms with E-state index < -0.39 is 0 Å². The summed E-state index contributed by atoms with van der Waals surface area (Å²) >= 11 is 0. The molecule has 86 valence electrons. The highest BCUT2D eigenvalue weighted by atomic mass is 16.5. The maximum absolute atomic E-state index is 11.6. The molecule has 2 rings (SSSR count). The number of aromatic nitrogens is 1. The predicted molar refractivity (Wildman–Crippen MR) is 59.9 cm³/mol. The number of rotatable bonds is 4. The minimum atomic E-state index is 0.0549. The number of hydrogen-bond acceptors (Lipinski definition) is 3. The average molecular weight is 220 g/mol. The van der Waals surface area contributed by atoms with Crippen molar-refractivity contribution in [3.05, 3.63) is 30.1 Å². The van der Waals surface area contributed by atoms with Crippen LogP contribution in [0.25, 0.3) is 0 Å². The smallest absolute Gasteiger partial charge is 0.224 e. The minimum Gasteiger partial charge on any atom is -0.380 e. The molecule has 0 spiro atoms. The third-order valence-electron chi connectivity index (χ3n) is 2.73. The standard InChI is InChI=1S/C12H16N2O2/c1-12(8-16-9-12)7-14-11(15)6-10-2-4-13-5-3-10/h2-5H,6-9H2,1H3,(H,14,15). The largest absolute Gasteiger partial charge is 0.380 e. The van der Waals surface area contributed by atoms with Crippen molar-refractivity contribution >= 4 is 5.91 Å². The number of hydrogen-bond donors (Lipinski definition) is 1. The van der Waals surface area contributed by atoms with E-state index in [0.717, 1.165) is 18.8 Å². The first-order chi connectivity index (χ1) is 7.68. The van der Waals surface area contributed by atoms with Gasteiger partial charge in [0.05, 0.1) is 19.6 Å². The van der Waals surface area contributed by atoms with Crippen molar-refractivity contribution in [1.82, 2.24) is 10.3 Å². The number of carbonyl (C=O) groups is 1. The van der Waals surface area contributed by atoms with Gasteiger partial charge < -0.3 is 10.1 Å². The summed E-state index contributed by atoms with van der Waals surface area (Å²) in [4.78, 5) is 15.5. The van der Waals surface area contributed by atoms with Crippen LogP contribution in [-0.4, -0.2) is 30.6 Å². The van der Waals surface area contributed by atoms with E-state index in [4.69, 9.17) is 4.74 Å². The molecule has 1 aromatic rings. The third-order valence-corrected chi connectivity index (χ3v) is 2.73. The zero-order valence-corrected chi connectivity index (χ0v) is 9.40. The summed E-state index contributed by atoms with van der Waals surface area (Å²) in [5, 5.41) is 2.93. The van der Waals surface area contributed by atoms with E-state index in [1.54, 1.807) is 12.4 Å². The lowest BCUT2D eigenvalue weighted by atomic mass is 9.89. The molecule has 1 fully saturated rings. The summed E-state index contributed by atoms with van der Waals surface area (Å²) < 4.78 is 5.13. The van der Waals surface area contributed by atoms with Gasteiger partial charge in [0.1, 0.15) is 0 Å². The molecule has 1 aromatic heterocycles. The van der Waals surface area contributed by atoms with Gasteiger partial charge in [-0.05, 0) is 17.7 Å². The Kier molecular flexibility index (Phi) is 3.19. The Morgan fingerprint density at radius 3 is 2.75 bits per heavy atom. The van der Waals surface area contributed by atoms with Crippen molar-refractivity contribution in [2.45, 2.75) is 13.3 Å². The van der Waals surface area contributed by atoms with Gasteiger partial charge in [0, 0.05) is 24.4 Å². The van der Waals surface area contributed by atoms with E-state index in [9.17, 15) is 4.79 Å². The van der Waals surface area contributed by atoms with Gasteiger partial charge in [-0.15, -0.1) is 0 Å². The van der Waals surface area contributed by atoms with Crippen LogP contribution in [0, 0.1) is 5.41 Å². The first kappa shape index (κ1) is 11.1. The molecule has 0 unspecified atom stereocenters. The second-order valence-electron chi connectivity index (χ2n) is 4.61. The summed E-state index contributed by atoms with van der Waals surface area (Å²) in [6.07, 6.45) is 3.81. The van der Waals surface area contributed by atoms with E-state index in [2.05, 4.69) is 17.2 Å². The zero-order chi connectivity index (χ0) is 11.4. The summed E-state index contributed by atoms with van der Waals surface area (Å²) in [5.74, 6) is 0.0549. The molecule has 2 heterocycles. The molecule has 0 bridgehead atoms. The van der Waals surface area contributed by atoms with Crippen LogP contribution in [0.2, 0.25) is 0 Å². The maximum Gasteiger partial charge on any atom is 0.224 e. The highest BCUT2D eigenvalue weighted by Gasteiger charge is 2.33. The van der Waals surface area contributed by atoms with E-state index >= 15 is 0 Å². The molecule has 1 amide bonds. The van der Waals surface area contributed by atoms with Crippen LogP contribution in [0.3, 0.4) is 0 Å². The summed E-state index contributed by atoms with van der Waals surface area (Å²) in [7, 11) is 0. The average Bonchev–Trinajstić information content (AvgIpc) is 2.25. The molecule has 16 heavy (non-hydrogen) atoms. The molecule has 4 heteroatoms. The monoisotopic (exact) mass is 220 g/mol. The maximum atomic E-state index is 11.6. The van der Waals surface area contributed by atoms with Crippen LogP contribution in [0.1, 0.15) is 12.5 Å². The Bertz CT molecular complexity index is 361. The third kappa shape index (κ3) is 2.79. The Balaban J connectivity index is 1.76. The van der Waals surface area contributed by atoms with E-state index in [1.165, 1.54) is 0 Å². The van der Waals surface area contributed by atoms with Crippen LogP contribution in [0.15, 0.2) is 24.5 Å². The Morgan fingerprint density at radius 2 is 2.19 bits per heavy atom. The Hall–Kier alpha value is -1.42. The van der Waals surface area contributed by atoms with Crippen molar-refractivity contribution < 1.29 is 9.53 Å². The van der Waals surface area contributed by atoms with Crippen LogP contribution >= 0.6 is 0 Å². The molecule has 0 radical (unpaired) electrons. The summed E-state index contributed by atoms with van der Waals surface area (Å²) in [5.41, 5.74) is 1.12. The van der Waals surface area contributed by atoms with Gasteiger partial charge in [-0.1, -0.05) is 6.92 Å². The van der Waals surface area contributed by atoms with Gasteiger partial charge in [0.15, 0.2) is 0 Å². The van der Waals surface area contributed by atoms with Crippen LogP contribution < -0.4 is 5.32 Å². The highest BCUT2D eigenvalue weighted by Crippen LogP contribution is 2.24. The number of pyridine rings is 1. The van der Waals surface area contributed by atoms with Crippen molar-refractivity contribution in [1.29, 1.82) is 0 Å². The molecule has 0 saturated carbocycles. The Labute approximate surface area is 95.0 Å². The lowest BCUT2D eigenvalue weighted by molar-refractivity contribution is -0.126. The molecule has 1 aliphatic rings. The van der Waals surface area contributed by atoms with Crippen LogP contribution in [0.4, 0.5) is 0 Å². The summed E-state index contributed by atoms with van der Waals surface area (Å²) in [6.45, 7) is 4.28. The topological polar surface area (TPSA) is 51.2 Å². The van der Waals surface area contributed by atoms with Crippen molar-refractivity contribution in [3.63, 3.8) is 0 Å². The minimum absolute atomic E-state index is 0.0549. The van der Waals surface area contributed by atoms with Crippen molar-refractivity contribution in [3.8, 4) is 0 Å². The van der Waals surface area contributed by atoms with Gasteiger partial charge in [-0.25, -0.2) is 0 Å². The SMILES string of the molecule is CC1(CNC(=O)Cc2ccncc2)COC1. The molecule has 0 atom stereocenters. The number of carbonyl (C=O) groups excluding carboxylic acids is 1. The lowest BCUT2D eigenvalue weighted by Crippen LogP contribution is -2.48. The fraction of sp³-hybridized carbons (Fsp3) is 0.500. The molecule has 0 aliphatic carbocycles. The molecular formula is C12H16N2O2. The quantitative estimate of drug-likeness (QED) is 0.815. The first-order valence-corrected chi connectivity index (χ1v) is 5.41. The fourth-order valence-corrected chi connectivity index (χ4v) is 1.61. The second kappa shape index (κ2) is 4.61. The van der Waals surface area contributed by atoms with Gasteiger partial charge in [-0.3, -0.25) is 9.78 Å². The van der Waals surface area contributed by atoms with Crippen molar-refractivity contribution in [2.75, 3.05) is 19.8 Å². The molecule has 1 saturated heterocycles. The lowest BCUT2D eigenvalue weighted by Gasteiger charge is -2.38. The second-order valence-corrected chi connectivity index (χ2v) is 4.61. The number of ether oxygens (including phenoxy) is 1. The van der Waals surface area contributed by atoms with E-state index in [-0.39, 0.29) is 11.3 Å². The normalized spacial score (nSPS) is 17.6. The molecular weight excluding hydrogens is 204 g/mol. The number of nitrogens with one attached hydrogen (secondary N) is 1. The molecule has 0 aromatic carbocycles. The molecule has 1 aliphatic heterocycles. The fourth-order valence-electron chi connectivity index (χ4n) is 1.61. The van der Waals surface area contributed by atoms with Gasteiger partial charge >= 0.3 is 0 Å². The Morgan fingerprint density at radius 1 is 1.50 bits per heavy atom. The van der Waals surface area contributed by atoms with Crippen LogP contribution in [-0.2, 0) is 16.0 Å². The summed E-state index contributed by atoms with van der Waals surface area (Å²) in [6, 6.07) is 3.71. The molecule has 4 nitrogen and oxygen atoms in total. The van der Waals surface area contributed by atoms with Gasteiger partial charge in [0.2, 0.25) is 5.91 Å². The zero-order valence-electron chi connectivity index (χ0n) is 9.40. The van der Waals surface area contributed by atoms with Gasteiger partial charge in [0.25, 0.3) is 0 Å². The number of nitrogens with zero attached hydrogens (tertiary/aromatic N) is 1. The van der Waals surface area contributed by atoms with Gasteiger partial charge in [-0.2, -0.15) is 0 Å². The highest BCUT2D eigenvalue weighted by molar-refractivity contribution is 5.78. The van der Waals surface area contributed by atoms with Crippen LogP contribution in [0.5, 0.6) is 0 Å². The first-order valence-electron chi connectivity index (χ1n) is 5.41. The number of amides is 1. The van der Waals surface area contributed by atoms with Crippen molar-refractivity contribution in [2.24, 2.45) is 5.41 Å². The molecule has 1 N–H and O–H groups in total. The van der Waals surface area contributed by atoms with E-state index in [0.29, 0.717) is 13.0 Å².